The summed E-state index contributed by atoms with van der Waals surface area (Å²) in [6.45, 7) is 0.563. The van der Waals surface area contributed by atoms with Crippen LogP contribution in [0.5, 0.6) is 0 Å². The topological polar surface area (TPSA) is 83.6 Å². The number of imidazole rings is 1. The number of ether oxygens (including phenoxy) is 2. The summed E-state index contributed by atoms with van der Waals surface area (Å²) in [5, 5.41) is 5.27. The highest BCUT2D eigenvalue weighted by Crippen LogP contribution is 2.34. The van der Waals surface area contributed by atoms with Gasteiger partial charge in [0, 0.05) is 18.2 Å². The summed E-state index contributed by atoms with van der Waals surface area (Å²) >= 11 is 0. The Bertz CT molecular complexity index is 1020. The third-order valence-electron chi connectivity index (χ3n) is 6.19. The second-order valence-corrected chi connectivity index (χ2v) is 8.62. The number of aliphatic imine (C=N–C) groups is 1. The highest BCUT2D eigenvalue weighted by atomic mass is 19.3. The van der Waals surface area contributed by atoms with Gasteiger partial charge in [-0.25, -0.2) is 24.1 Å². The Morgan fingerprint density at radius 2 is 2.00 bits per heavy atom. The van der Waals surface area contributed by atoms with Gasteiger partial charge in [-0.1, -0.05) is 36.8 Å². The monoisotopic (exact) mass is 461 g/mol. The van der Waals surface area contributed by atoms with E-state index in [2.05, 4.69) is 25.6 Å². The summed E-state index contributed by atoms with van der Waals surface area (Å²) in [5.74, 6) is 0.691. The van der Waals surface area contributed by atoms with Crippen LogP contribution in [0.4, 0.5) is 13.2 Å². The number of alkyl halides is 3. The number of allylic oxidation sites excluding steroid dienone is 1. The van der Waals surface area contributed by atoms with Crippen molar-refractivity contribution in [1.29, 1.82) is 0 Å². The molecule has 1 unspecified atom stereocenters. The highest BCUT2D eigenvalue weighted by molar-refractivity contribution is 5.81. The molecule has 2 fully saturated rings. The Labute approximate surface area is 189 Å². The molecule has 5 rings (SSSR count). The zero-order chi connectivity index (χ0) is 22.8. The van der Waals surface area contributed by atoms with Crippen molar-refractivity contribution in [3.8, 4) is 11.3 Å². The van der Waals surface area contributed by atoms with Crippen molar-refractivity contribution >= 4 is 6.21 Å². The SMILES string of the molecule is FC(F)C1=C(OC2COC2)NC(F)(N[C@@H]2CCC[C@H](c3ncc(-c4ccccc4)[nH]3)C2)N=C1. The predicted molar refractivity (Wildman–Crippen MR) is 116 cm³/mol. The second-order valence-electron chi connectivity index (χ2n) is 8.62. The van der Waals surface area contributed by atoms with Gasteiger partial charge in [-0.3, -0.25) is 5.32 Å². The number of benzene rings is 1. The zero-order valence-corrected chi connectivity index (χ0v) is 17.9. The number of halogens is 3. The largest absolute Gasteiger partial charge is 0.470 e. The van der Waals surface area contributed by atoms with E-state index in [4.69, 9.17) is 9.47 Å². The van der Waals surface area contributed by atoms with E-state index in [1.165, 1.54) is 0 Å². The Balaban J connectivity index is 1.25. The number of nitrogens with one attached hydrogen (secondary N) is 3. The lowest BCUT2D eigenvalue weighted by Crippen LogP contribution is -2.58. The number of hydrogen-bond donors (Lipinski definition) is 3. The van der Waals surface area contributed by atoms with Gasteiger partial charge in [0.1, 0.15) is 11.9 Å². The van der Waals surface area contributed by atoms with Crippen molar-refractivity contribution in [1.82, 2.24) is 20.6 Å². The molecule has 1 aliphatic carbocycles. The van der Waals surface area contributed by atoms with Gasteiger partial charge in [0.05, 0.1) is 30.7 Å². The molecule has 3 N–H and O–H groups in total. The molecule has 33 heavy (non-hydrogen) atoms. The normalized spacial score (nSPS) is 28.0. The zero-order valence-electron chi connectivity index (χ0n) is 17.9. The quantitative estimate of drug-likeness (QED) is 0.546. The average Bonchev–Trinajstić information content (AvgIpc) is 3.27. The lowest BCUT2D eigenvalue weighted by atomic mass is 9.85. The van der Waals surface area contributed by atoms with E-state index in [9.17, 15) is 8.78 Å². The second kappa shape index (κ2) is 9.18. The first kappa shape index (κ1) is 22.0. The molecular formula is C23H26F3N5O2. The molecule has 0 amide bonds. The fourth-order valence-corrected chi connectivity index (χ4v) is 4.40. The maximum Gasteiger partial charge on any atom is 0.339 e. The van der Waals surface area contributed by atoms with Crippen molar-refractivity contribution in [3.63, 3.8) is 0 Å². The summed E-state index contributed by atoms with van der Waals surface area (Å²) in [6, 6.07) is 7.28. The highest BCUT2D eigenvalue weighted by Gasteiger charge is 2.40. The third-order valence-corrected chi connectivity index (χ3v) is 6.19. The van der Waals surface area contributed by atoms with Crippen LogP contribution in [0.15, 0.2) is 53.0 Å². The van der Waals surface area contributed by atoms with Gasteiger partial charge in [-0.2, -0.15) is 4.39 Å². The van der Waals surface area contributed by atoms with Gasteiger partial charge in [0.15, 0.2) is 0 Å². The van der Waals surface area contributed by atoms with Gasteiger partial charge in [0.25, 0.3) is 6.43 Å². The van der Waals surface area contributed by atoms with Crippen molar-refractivity contribution in [2.45, 2.75) is 56.2 Å². The van der Waals surface area contributed by atoms with Crippen LogP contribution in [0.25, 0.3) is 11.3 Å². The molecule has 0 spiro atoms. The number of rotatable bonds is 7. The fraction of sp³-hybridized carbons (Fsp3) is 0.478. The Morgan fingerprint density at radius 1 is 1.18 bits per heavy atom. The maximum absolute atomic E-state index is 15.5. The molecular weight excluding hydrogens is 435 g/mol. The standard InChI is InChI=1S/C23H26F3N5O2/c24-20(25)18-10-28-23(26,31-22(18)33-17-12-32-13-17)30-16-8-4-7-15(9-16)21-27-11-19(29-21)14-5-2-1-3-6-14/h1-3,5-6,10-11,15-17,20,30-31H,4,7-9,12-13H2,(H,27,29)/t15-,16+,23?/m0/s1. The van der Waals surface area contributed by atoms with Crippen LogP contribution >= 0.6 is 0 Å². The van der Waals surface area contributed by atoms with Crippen molar-refractivity contribution < 1.29 is 22.6 Å². The molecule has 1 saturated carbocycles. The minimum Gasteiger partial charge on any atom is -0.470 e. The van der Waals surface area contributed by atoms with E-state index in [1.54, 1.807) is 0 Å². The minimum atomic E-state index is -2.83. The molecule has 3 aliphatic rings. The number of nitrogens with zero attached hydrogens (tertiary/aromatic N) is 2. The van der Waals surface area contributed by atoms with E-state index in [0.717, 1.165) is 42.6 Å². The fourth-order valence-electron chi connectivity index (χ4n) is 4.40. The molecule has 2 aliphatic heterocycles. The van der Waals surface area contributed by atoms with Crippen molar-refractivity contribution in [3.05, 3.63) is 53.8 Å². The molecule has 10 heteroatoms. The van der Waals surface area contributed by atoms with Crippen molar-refractivity contribution in [2.75, 3.05) is 13.2 Å². The molecule has 3 heterocycles. The minimum absolute atomic E-state index is 0.125. The van der Waals surface area contributed by atoms with Crippen LogP contribution in [0.3, 0.4) is 0 Å². The molecule has 7 nitrogen and oxygen atoms in total. The molecule has 2 aromatic rings. The number of hydrogen-bond acceptors (Lipinski definition) is 6. The summed E-state index contributed by atoms with van der Waals surface area (Å²) in [4.78, 5) is 11.7. The molecule has 176 valence electrons. The maximum atomic E-state index is 15.5. The predicted octanol–water partition coefficient (Wildman–Crippen LogP) is 3.84. The van der Waals surface area contributed by atoms with E-state index in [1.807, 2.05) is 36.5 Å². The van der Waals surface area contributed by atoms with Gasteiger partial charge in [0.2, 0.25) is 5.88 Å². The Morgan fingerprint density at radius 3 is 2.73 bits per heavy atom. The van der Waals surface area contributed by atoms with E-state index < -0.39 is 18.0 Å². The molecule has 1 aromatic carbocycles. The summed E-state index contributed by atoms with van der Waals surface area (Å²) in [5.41, 5.74) is 1.52. The number of aromatic nitrogens is 2. The van der Waals surface area contributed by atoms with Gasteiger partial charge >= 0.3 is 6.04 Å². The third kappa shape index (κ3) is 4.91. The van der Waals surface area contributed by atoms with E-state index in [0.29, 0.717) is 6.42 Å². The first-order chi connectivity index (χ1) is 16.0. The summed E-state index contributed by atoms with van der Waals surface area (Å²) in [6.07, 6.45) is 2.64. The molecule has 3 atom stereocenters. The smallest absolute Gasteiger partial charge is 0.339 e. The van der Waals surface area contributed by atoms with Crippen LogP contribution < -0.4 is 10.6 Å². The van der Waals surface area contributed by atoms with Crippen LogP contribution in [0.2, 0.25) is 0 Å². The Kier molecular flexibility index (Phi) is 6.11. The molecule has 1 saturated heterocycles. The Hall–Kier alpha value is -2.85. The number of H-pyrrole nitrogens is 1. The average molecular weight is 461 g/mol. The van der Waals surface area contributed by atoms with Crippen LogP contribution in [0, 0.1) is 0 Å². The molecule has 0 bridgehead atoms. The van der Waals surface area contributed by atoms with Crippen LogP contribution in [-0.4, -0.2) is 54.0 Å². The first-order valence-corrected chi connectivity index (χ1v) is 11.2. The first-order valence-electron chi connectivity index (χ1n) is 11.2. The van der Waals surface area contributed by atoms with Crippen molar-refractivity contribution in [2.24, 2.45) is 4.99 Å². The lowest BCUT2D eigenvalue weighted by Gasteiger charge is -2.37. The summed E-state index contributed by atoms with van der Waals surface area (Å²) < 4.78 is 52.8. The number of aromatic amines is 1. The van der Waals surface area contributed by atoms with Gasteiger partial charge < -0.3 is 14.5 Å². The summed E-state index contributed by atoms with van der Waals surface area (Å²) in [7, 11) is 0. The van der Waals surface area contributed by atoms with Crippen LogP contribution in [-0.2, 0) is 9.47 Å². The lowest BCUT2D eigenvalue weighted by molar-refractivity contribution is -0.119. The van der Waals surface area contributed by atoms with Crippen LogP contribution in [0.1, 0.15) is 37.4 Å². The van der Waals surface area contributed by atoms with E-state index in [-0.39, 0.29) is 37.2 Å². The van der Waals surface area contributed by atoms with E-state index >= 15 is 4.39 Å². The van der Waals surface area contributed by atoms with Gasteiger partial charge in [-0.15, -0.1) is 0 Å². The van der Waals surface area contributed by atoms with Gasteiger partial charge in [-0.05, 0) is 24.8 Å². The molecule has 1 aromatic heterocycles. The molecule has 0 radical (unpaired) electrons.